The second-order valence-electron chi connectivity index (χ2n) is 9.49. The molecule has 10 heteroatoms. The van der Waals surface area contributed by atoms with Crippen molar-refractivity contribution < 1.29 is 14.0 Å². The van der Waals surface area contributed by atoms with Crippen LogP contribution in [0.3, 0.4) is 0 Å². The van der Waals surface area contributed by atoms with Crippen molar-refractivity contribution in [2.45, 2.75) is 19.8 Å². The molecular weight excluding hydrogens is 473 g/mol. The third-order valence-corrected chi connectivity index (χ3v) is 6.60. The van der Waals surface area contributed by atoms with Crippen molar-refractivity contribution in [2.75, 3.05) is 38.5 Å². The van der Waals surface area contributed by atoms with Crippen LogP contribution >= 0.6 is 0 Å². The number of anilines is 2. The molecule has 1 fully saturated rings. The highest BCUT2D eigenvalue weighted by Crippen LogP contribution is 2.32. The van der Waals surface area contributed by atoms with Crippen molar-refractivity contribution in [1.29, 1.82) is 0 Å². The van der Waals surface area contributed by atoms with E-state index in [2.05, 4.69) is 25.2 Å². The number of hydrogen-bond acceptors (Lipinski definition) is 7. The Bertz CT molecular complexity index is 1460. The zero-order chi connectivity index (χ0) is 26.1. The molecular formula is C27H28FN7O2. The molecule has 2 N–H and O–H groups in total. The number of pyridine rings is 1. The molecule has 0 spiro atoms. The summed E-state index contributed by atoms with van der Waals surface area (Å²) in [6.45, 7) is 6.54. The van der Waals surface area contributed by atoms with Crippen molar-refractivity contribution in [3.8, 4) is 11.4 Å². The van der Waals surface area contributed by atoms with Gasteiger partial charge in [-0.25, -0.2) is 19.3 Å². The third-order valence-electron chi connectivity index (χ3n) is 6.60. The van der Waals surface area contributed by atoms with E-state index in [1.165, 1.54) is 18.3 Å². The zero-order valence-corrected chi connectivity index (χ0v) is 21.0. The molecule has 4 aromatic rings. The van der Waals surface area contributed by atoms with Gasteiger partial charge in [-0.15, -0.1) is 0 Å². The number of hydrogen-bond donors (Lipinski definition) is 2. The number of H-pyrrole nitrogens is 1. The predicted molar refractivity (Wildman–Crippen MR) is 139 cm³/mol. The number of likely N-dealkylation sites (N-methyl/N-ethyl adjacent to an activating group) is 1. The van der Waals surface area contributed by atoms with E-state index in [0.717, 1.165) is 18.7 Å². The van der Waals surface area contributed by atoms with Crippen LogP contribution in [0, 0.1) is 5.82 Å². The lowest BCUT2D eigenvalue weighted by molar-refractivity contribution is -0.127. The van der Waals surface area contributed by atoms with E-state index >= 15 is 0 Å². The van der Waals surface area contributed by atoms with E-state index in [9.17, 15) is 14.0 Å². The molecule has 4 heterocycles. The Morgan fingerprint density at radius 2 is 1.78 bits per heavy atom. The molecule has 1 saturated heterocycles. The number of nitrogens with zero attached hydrogens (tertiary/aromatic N) is 5. The van der Waals surface area contributed by atoms with Gasteiger partial charge in [0.05, 0.1) is 16.6 Å². The van der Waals surface area contributed by atoms with Gasteiger partial charge in [-0.3, -0.25) is 9.59 Å². The summed E-state index contributed by atoms with van der Waals surface area (Å²) in [4.78, 5) is 46.7. The van der Waals surface area contributed by atoms with Gasteiger partial charge in [0.1, 0.15) is 17.3 Å². The minimum Gasteiger partial charge on any atom is -0.345 e. The van der Waals surface area contributed by atoms with Gasteiger partial charge in [-0.1, -0.05) is 13.8 Å². The lowest BCUT2D eigenvalue weighted by atomic mass is 10.0. The number of carbonyl (C=O) groups excluding carboxylic acids is 2. The molecule has 5 rings (SSSR count). The van der Waals surface area contributed by atoms with Crippen LogP contribution in [0.25, 0.3) is 22.4 Å². The smallest absolute Gasteiger partial charge is 0.295 e. The van der Waals surface area contributed by atoms with Gasteiger partial charge >= 0.3 is 0 Å². The second kappa shape index (κ2) is 10.1. The Hall–Kier alpha value is -4.18. The standard InChI is InChI=1S/C27H28FN7O2/c1-16(2)19-14-30-24(17-4-6-18(28)7-5-17)33-25(19)32-21-8-9-29-26-22(21)20(15-31-26)23(36)27(37)35-12-10-34(3)11-13-35/h4-9,14-16H,10-13H2,1-3H3,(H2,29,30,31,32,33). The number of nitrogens with one attached hydrogen (secondary N) is 2. The third kappa shape index (κ3) is 4.92. The Balaban J connectivity index is 1.52. The lowest BCUT2D eigenvalue weighted by Crippen LogP contribution is -2.49. The molecule has 9 nitrogen and oxygen atoms in total. The second-order valence-corrected chi connectivity index (χ2v) is 9.49. The minimum absolute atomic E-state index is 0.105. The first-order valence-electron chi connectivity index (χ1n) is 12.2. The van der Waals surface area contributed by atoms with Crippen LogP contribution in [0.15, 0.2) is 48.9 Å². The molecule has 0 radical (unpaired) electrons. The van der Waals surface area contributed by atoms with Crippen LogP contribution in [0.1, 0.15) is 35.7 Å². The summed E-state index contributed by atoms with van der Waals surface area (Å²) in [6, 6.07) is 7.73. The number of benzene rings is 1. The first-order valence-corrected chi connectivity index (χ1v) is 12.2. The molecule has 1 amide bonds. The maximum atomic E-state index is 13.4. The van der Waals surface area contributed by atoms with Gasteiger partial charge in [0, 0.05) is 55.9 Å². The number of Topliss-reactive ketones (excluding diaryl/α,β-unsaturated/α-hetero) is 1. The maximum Gasteiger partial charge on any atom is 0.295 e. The van der Waals surface area contributed by atoms with Gasteiger partial charge in [-0.05, 0) is 43.3 Å². The summed E-state index contributed by atoms with van der Waals surface area (Å²) in [7, 11) is 1.99. The largest absolute Gasteiger partial charge is 0.345 e. The van der Waals surface area contributed by atoms with Gasteiger partial charge in [0.2, 0.25) is 0 Å². The van der Waals surface area contributed by atoms with Crippen molar-refractivity contribution in [1.82, 2.24) is 29.7 Å². The summed E-state index contributed by atoms with van der Waals surface area (Å²) < 4.78 is 13.4. The maximum absolute atomic E-state index is 13.4. The highest BCUT2D eigenvalue weighted by molar-refractivity contribution is 6.45. The Morgan fingerprint density at radius 3 is 2.49 bits per heavy atom. The number of amides is 1. The van der Waals surface area contributed by atoms with Crippen LogP contribution in [0.4, 0.5) is 15.9 Å². The summed E-state index contributed by atoms with van der Waals surface area (Å²) in [5.41, 5.74) is 2.88. The minimum atomic E-state index is -0.578. The van der Waals surface area contributed by atoms with Gasteiger partial charge in [0.15, 0.2) is 5.82 Å². The number of aromatic amines is 1. The van der Waals surface area contributed by atoms with E-state index in [-0.39, 0.29) is 17.3 Å². The summed E-state index contributed by atoms with van der Waals surface area (Å²) >= 11 is 0. The molecule has 190 valence electrons. The van der Waals surface area contributed by atoms with Crippen molar-refractivity contribution >= 4 is 34.2 Å². The van der Waals surface area contributed by atoms with Crippen LogP contribution in [0.2, 0.25) is 0 Å². The number of carbonyl (C=O) groups is 2. The molecule has 1 aliphatic rings. The van der Waals surface area contributed by atoms with Crippen molar-refractivity contribution in [3.63, 3.8) is 0 Å². The fourth-order valence-corrected chi connectivity index (χ4v) is 4.39. The molecule has 0 saturated carbocycles. The average Bonchev–Trinajstić information content (AvgIpc) is 3.34. The fourth-order valence-electron chi connectivity index (χ4n) is 4.39. The van der Waals surface area contributed by atoms with Crippen molar-refractivity contribution in [2.24, 2.45) is 0 Å². The number of fused-ring (bicyclic) bond motifs is 1. The van der Waals surface area contributed by atoms with Crippen molar-refractivity contribution in [3.05, 3.63) is 65.9 Å². The number of ketones is 1. The quantitative estimate of drug-likeness (QED) is 0.304. The van der Waals surface area contributed by atoms with E-state index in [1.807, 2.05) is 20.9 Å². The van der Waals surface area contributed by atoms with E-state index < -0.39 is 11.7 Å². The number of rotatable bonds is 6. The Morgan fingerprint density at radius 1 is 1.05 bits per heavy atom. The Labute approximate surface area is 213 Å². The van der Waals surface area contributed by atoms with E-state index in [4.69, 9.17) is 4.98 Å². The number of piperazine rings is 1. The van der Waals surface area contributed by atoms with Gasteiger partial charge in [-0.2, -0.15) is 0 Å². The first kappa shape index (κ1) is 24.5. The molecule has 0 atom stereocenters. The fraction of sp³-hybridized carbons (Fsp3) is 0.296. The first-order chi connectivity index (χ1) is 17.8. The van der Waals surface area contributed by atoms with E-state index in [0.29, 0.717) is 47.0 Å². The molecule has 1 aliphatic heterocycles. The summed E-state index contributed by atoms with van der Waals surface area (Å²) in [5.74, 6) is -0.336. The zero-order valence-electron chi connectivity index (χ0n) is 21.0. The molecule has 0 unspecified atom stereocenters. The van der Waals surface area contributed by atoms with Crippen LogP contribution in [-0.2, 0) is 4.79 Å². The topological polar surface area (TPSA) is 107 Å². The average molecular weight is 502 g/mol. The monoisotopic (exact) mass is 501 g/mol. The molecule has 37 heavy (non-hydrogen) atoms. The molecule has 0 bridgehead atoms. The van der Waals surface area contributed by atoms with E-state index in [1.54, 1.807) is 35.5 Å². The highest BCUT2D eigenvalue weighted by atomic mass is 19.1. The van der Waals surface area contributed by atoms with Crippen LogP contribution in [0.5, 0.6) is 0 Å². The van der Waals surface area contributed by atoms with Crippen LogP contribution in [-0.4, -0.2) is 74.7 Å². The van der Waals surface area contributed by atoms with Crippen LogP contribution < -0.4 is 5.32 Å². The normalized spacial score (nSPS) is 14.4. The number of halogens is 1. The molecule has 0 aliphatic carbocycles. The highest BCUT2D eigenvalue weighted by Gasteiger charge is 2.29. The summed E-state index contributed by atoms with van der Waals surface area (Å²) in [6.07, 6.45) is 4.90. The SMILES string of the molecule is CC(C)c1cnc(-c2ccc(F)cc2)nc1Nc1ccnc2[nH]cc(C(=O)C(=O)N3CCN(C)CC3)c12. The lowest BCUT2D eigenvalue weighted by Gasteiger charge is -2.31. The molecule has 3 aromatic heterocycles. The number of aromatic nitrogens is 4. The summed E-state index contributed by atoms with van der Waals surface area (Å²) in [5, 5.41) is 3.88. The van der Waals surface area contributed by atoms with Gasteiger partial charge < -0.3 is 20.1 Å². The predicted octanol–water partition coefficient (Wildman–Crippen LogP) is 3.98. The molecule has 1 aromatic carbocycles. The van der Waals surface area contributed by atoms with Gasteiger partial charge in [0.25, 0.3) is 11.7 Å². The Kier molecular flexibility index (Phi) is 6.66.